The Balaban J connectivity index is 1.48. The fourth-order valence-corrected chi connectivity index (χ4v) is 4.13. The average molecular weight is 463 g/mol. The maximum Gasteiger partial charge on any atom is 0.312 e. The van der Waals surface area contributed by atoms with Crippen LogP contribution in [0.3, 0.4) is 0 Å². The monoisotopic (exact) mass is 462 g/mol. The van der Waals surface area contributed by atoms with Crippen molar-refractivity contribution < 1.29 is 24.0 Å². The number of amides is 1. The molecule has 178 valence electrons. The molecule has 1 aromatic heterocycles. The first-order valence-corrected chi connectivity index (χ1v) is 11.8. The van der Waals surface area contributed by atoms with Gasteiger partial charge in [0.1, 0.15) is 0 Å². The van der Waals surface area contributed by atoms with Gasteiger partial charge >= 0.3 is 5.97 Å². The predicted octanol–water partition coefficient (Wildman–Crippen LogP) is 4.90. The van der Waals surface area contributed by atoms with E-state index in [1.54, 1.807) is 0 Å². The van der Waals surface area contributed by atoms with Crippen molar-refractivity contribution in [3.05, 3.63) is 72.0 Å². The largest absolute Gasteiger partial charge is 0.491 e. The van der Waals surface area contributed by atoms with E-state index >= 15 is 0 Å². The van der Waals surface area contributed by atoms with E-state index in [1.165, 1.54) is 6.07 Å². The number of carbonyl (C=O) groups excluding carboxylic acids is 2. The number of ether oxygens (including phenoxy) is 1. The summed E-state index contributed by atoms with van der Waals surface area (Å²) in [6, 6.07) is 19.2. The summed E-state index contributed by atoms with van der Waals surface area (Å²) in [6.45, 7) is 2.48. The molecule has 1 aliphatic rings. The number of nitrogens with zero attached hydrogens (tertiary/aromatic N) is 1. The van der Waals surface area contributed by atoms with Gasteiger partial charge in [-0.1, -0.05) is 67.9 Å². The summed E-state index contributed by atoms with van der Waals surface area (Å²) in [6.07, 6.45) is 4.32. The Morgan fingerprint density at radius 2 is 1.82 bits per heavy atom. The van der Waals surface area contributed by atoms with E-state index in [4.69, 9.17) is 9.26 Å². The number of aromatic hydroxyl groups is 1. The second kappa shape index (κ2) is 10.5. The molecule has 2 N–H and O–H groups in total. The molecule has 1 fully saturated rings. The highest BCUT2D eigenvalue weighted by molar-refractivity contribution is 5.92. The number of aromatic nitrogens is 1. The van der Waals surface area contributed by atoms with Gasteiger partial charge in [-0.05, 0) is 54.0 Å². The number of carbonyl (C=O) groups is 2. The first-order valence-electron chi connectivity index (χ1n) is 11.8. The summed E-state index contributed by atoms with van der Waals surface area (Å²) in [5.74, 6) is -1.08. The quantitative estimate of drug-likeness (QED) is 0.310. The molecule has 1 amide bonds. The molecule has 1 saturated carbocycles. The number of hydrogen-bond donors (Lipinski definition) is 2. The van der Waals surface area contributed by atoms with Crippen LogP contribution in [0.5, 0.6) is 5.88 Å². The van der Waals surface area contributed by atoms with Crippen LogP contribution in [0.15, 0.2) is 65.2 Å². The van der Waals surface area contributed by atoms with E-state index in [0.29, 0.717) is 19.4 Å². The minimum absolute atomic E-state index is 0.0719. The molecule has 34 heavy (non-hydrogen) atoms. The Morgan fingerprint density at radius 3 is 2.44 bits per heavy atom. The molecule has 4 rings (SSSR count). The molecule has 0 bridgehead atoms. The van der Waals surface area contributed by atoms with Gasteiger partial charge in [0.15, 0.2) is 0 Å². The average Bonchev–Trinajstić information content (AvgIpc) is 3.50. The van der Waals surface area contributed by atoms with E-state index in [-0.39, 0.29) is 23.7 Å². The summed E-state index contributed by atoms with van der Waals surface area (Å²) < 4.78 is 10.4. The van der Waals surface area contributed by atoms with Crippen LogP contribution in [-0.4, -0.2) is 34.8 Å². The van der Waals surface area contributed by atoms with E-state index in [2.05, 4.69) is 41.7 Å². The molecular weight excluding hydrogens is 432 g/mol. The normalized spacial score (nSPS) is 14.9. The Labute approximate surface area is 199 Å². The molecule has 2 aromatic carbocycles. The second-order valence-corrected chi connectivity index (χ2v) is 8.96. The topological polar surface area (TPSA) is 102 Å². The Hall–Kier alpha value is -3.61. The third kappa shape index (κ3) is 5.84. The van der Waals surface area contributed by atoms with Crippen LogP contribution in [0, 0.1) is 5.41 Å². The molecule has 0 radical (unpaired) electrons. The highest BCUT2D eigenvalue weighted by Crippen LogP contribution is 2.51. The number of esters is 1. The molecule has 7 nitrogen and oxygen atoms in total. The Kier molecular flexibility index (Phi) is 7.30. The summed E-state index contributed by atoms with van der Waals surface area (Å²) in [5.41, 5.74) is 2.73. The van der Waals surface area contributed by atoms with Crippen LogP contribution in [0.4, 0.5) is 0 Å². The lowest BCUT2D eigenvalue weighted by atomic mass is 9.92. The predicted molar refractivity (Wildman–Crippen MR) is 127 cm³/mol. The lowest BCUT2D eigenvalue weighted by Gasteiger charge is -2.23. The summed E-state index contributed by atoms with van der Waals surface area (Å²) >= 11 is 0. The van der Waals surface area contributed by atoms with Gasteiger partial charge in [-0.25, -0.2) is 0 Å². The van der Waals surface area contributed by atoms with Gasteiger partial charge in [-0.3, -0.25) is 9.59 Å². The van der Waals surface area contributed by atoms with Crippen molar-refractivity contribution in [2.75, 3.05) is 6.61 Å². The number of rotatable bonds is 11. The molecule has 7 heteroatoms. The van der Waals surface area contributed by atoms with Crippen molar-refractivity contribution in [2.45, 2.75) is 51.5 Å². The summed E-state index contributed by atoms with van der Waals surface area (Å²) in [7, 11) is 0. The fraction of sp³-hybridized carbons (Fsp3) is 0.370. The zero-order valence-electron chi connectivity index (χ0n) is 19.3. The van der Waals surface area contributed by atoms with Gasteiger partial charge in [0.05, 0.1) is 18.1 Å². The van der Waals surface area contributed by atoms with Gasteiger partial charge in [-0.2, -0.15) is 0 Å². The molecule has 1 heterocycles. The van der Waals surface area contributed by atoms with E-state index in [1.807, 2.05) is 30.3 Å². The summed E-state index contributed by atoms with van der Waals surface area (Å²) in [4.78, 5) is 25.5. The van der Waals surface area contributed by atoms with Crippen molar-refractivity contribution in [2.24, 2.45) is 5.41 Å². The zero-order valence-corrected chi connectivity index (χ0v) is 19.3. The molecule has 1 aliphatic carbocycles. The van der Waals surface area contributed by atoms with Crippen molar-refractivity contribution in [1.29, 1.82) is 0 Å². The van der Waals surface area contributed by atoms with Crippen molar-refractivity contribution in [1.82, 2.24) is 10.5 Å². The van der Waals surface area contributed by atoms with Gasteiger partial charge in [0.2, 0.25) is 5.76 Å². The second-order valence-electron chi connectivity index (χ2n) is 8.96. The van der Waals surface area contributed by atoms with E-state index in [9.17, 15) is 14.7 Å². The van der Waals surface area contributed by atoms with Crippen LogP contribution in [0.2, 0.25) is 0 Å². The molecule has 0 aliphatic heterocycles. The molecule has 1 unspecified atom stereocenters. The van der Waals surface area contributed by atoms with Crippen molar-refractivity contribution >= 4 is 11.9 Å². The smallest absolute Gasteiger partial charge is 0.312 e. The maximum atomic E-state index is 12.8. The number of nitrogens with one attached hydrogen (secondary N) is 1. The standard InChI is InChI=1S/C27H30N2O5/c1-2-3-15-33-26(32)27(13-14-27)18-22(28-25(31)23-17-24(30)29-34-23)16-19-9-11-21(12-10-19)20-7-5-4-6-8-20/h4-12,17,22H,2-3,13-16,18H2,1H3,(H,28,31)(H,29,30). The molecule has 0 spiro atoms. The molecule has 0 saturated heterocycles. The third-order valence-corrected chi connectivity index (χ3v) is 6.25. The minimum atomic E-state index is -0.556. The van der Waals surface area contributed by atoms with Crippen molar-refractivity contribution in [3.63, 3.8) is 0 Å². The van der Waals surface area contributed by atoms with Gasteiger partial charge in [0, 0.05) is 6.04 Å². The van der Waals surface area contributed by atoms with Gasteiger partial charge in [-0.15, -0.1) is 0 Å². The highest BCUT2D eigenvalue weighted by Gasteiger charge is 2.52. The Morgan fingerprint density at radius 1 is 1.12 bits per heavy atom. The lowest BCUT2D eigenvalue weighted by molar-refractivity contribution is -0.150. The summed E-state index contributed by atoms with van der Waals surface area (Å²) in [5, 5.41) is 15.8. The maximum absolute atomic E-state index is 12.8. The van der Waals surface area contributed by atoms with Crippen molar-refractivity contribution in [3.8, 4) is 17.0 Å². The number of benzene rings is 2. The SMILES string of the molecule is CCCCOC(=O)C1(CC(Cc2ccc(-c3ccccc3)cc2)NC(=O)c2cc(O)no2)CC1. The van der Waals surface area contributed by atoms with E-state index < -0.39 is 11.3 Å². The lowest BCUT2D eigenvalue weighted by Crippen LogP contribution is -2.40. The minimum Gasteiger partial charge on any atom is -0.491 e. The number of hydrogen-bond acceptors (Lipinski definition) is 6. The highest BCUT2D eigenvalue weighted by atomic mass is 16.5. The molecule has 1 atom stereocenters. The van der Waals surface area contributed by atoms with Crippen LogP contribution in [-0.2, 0) is 16.0 Å². The third-order valence-electron chi connectivity index (χ3n) is 6.25. The van der Waals surface area contributed by atoms with Crippen LogP contribution < -0.4 is 5.32 Å². The Bertz CT molecular complexity index is 1100. The number of unbranched alkanes of at least 4 members (excludes halogenated alkanes) is 1. The first kappa shape index (κ1) is 23.5. The zero-order chi connectivity index (χ0) is 24.0. The molecular formula is C27H30N2O5. The van der Waals surface area contributed by atoms with Gasteiger partial charge < -0.3 is 19.7 Å². The fourth-order valence-electron chi connectivity index (χ4n) is 4.13. The van der Waals surface area contributed by atoms with Crippen LogP contribution in [0.1, 0.15) is 55.1 Å². The van der Waals surface area contributed by atoms with Gasteiger partial charge in [0.25, 0.3) is 11.8 Å². The van der Waals surface area contributed by atoms with Crippen LogP contribution >= 0.6 is 0 Å². The van der Waals surface area contributed by atoms with E-state index in [0.717, 1.165) is 42.4 Å². The molecule has 3 aromatic rings. The first-order chi connectivity index (χ1) is 16.5. The van der Waals surface area contributed by atoms with Crippen LogP contribution in [0.25, 0.3) is 11.1 Å².